The van der Waals surface area contributed by atoms with Crippen molar-refractivity contribution < 1.29 is 19.1 Å². The third-order valence-electron chi connectivity index (χ3n) is 8.83. The molecule has 1 aliphatic carbocycles. The molecular formula is C42H32ClNO4. The lowest BCUT2D eigenvalue weighted by molar-refractivity contribution is 0.0142. The second-order valence-corrected chi connectivity index (χ2v) is 12.2. The lowest BCUT2D eigenvalue weighted by atomic mass is 9.79. The largest absolute Gasteiger partial charge is 0.448 e. The Morgan fingerprint density at radius 2 is 1.29 bits per heavy atom. The maximum atomic E-state index is 14.1. The molecule has 0 spiro atoms. The number of esters is 1. The first-order chi connectivity index (χ1) is 23.4. The van der Waals surface area contributed by atoms with Gasteiger partial charge in [0.1, 0.15) is 6.61 Å². The topological polar surface area (TPSA) is 64.6 Å². The van der Waals surface area contributed by atoms with Crippen LogP contribution in [0.5, 0.6) is 0 Å². The third kappa shape index (κ3) is 5.85. The minimum atomic E-state index is -1.36. The summed E-state index contributed by atoms with van der Waals surface area (Å²) in [5, 5.41) is 3.25. The van der Waals surface area contributed by atoms with E-state index in [1.54, 1.807) is 30.3 Å². The predicted octanol–water partition coefficient (Wildman–Crippen LogP) is 10.2. The Morgan fingerprint density at radius 1 is 0.688 bits per heavy atom. The van der Waals surface area contributed by atoms with Crippen LogP contribution in [-0.2, 0) is 15.1 Å². The number of anilines is 1. The van der Waals surface area contributed by atoms with Gasteiger partial charge in [-0.25, -0.2) is 9.59 Å². The number of carbonyl (C=O) groups is 2. The van der Waals surface area contributed by atoms with Crippen LogP contribution in [0, 0.1) is 6.92 Å². The highest BCUT2D eigenvalue weighted by atomic mass is 35.5. The molecule has 0 fully saturated rings. The van der Waals surface area contributed by atoms with Gasteiger partial charge in [-0.15, -0.1) is 0 Å². The van der Waals surface area contributed by atoms with Crippen LogP contribution in [-0.4, -0.2) is 18.7 Å². The van der Waals surface area contributed by atoms with Gasteiger partial charge in [0.2, 0.25) is 0 Å². The molecule has 6 heteroatoms. The van der Waals surface area contributed by atoms with Crippen LogP contribution >= 0.6 is 11.6 Å². The SMILES string of the molecule is Cc1ccc(C(OC(=O)c2cccc(NC(=O)OCC3c4ccccc4-c4ccccc43)c2)(c2ccccc2)c2ccccc2Cl)cc1. The van der Waals surface area contributed by atoms with Gasteiger partial charge in [-0.2, -0.15) is 0 Å². The molecule has 1 atom stereocenters. The second kappa shape index (κ2) is 13.2. The summed E-state index contributed by atoms with van der Waals surface area (Å²) >= 11 is 6.83. The van der Waals surface area contributed by atoms with Crippen molar-refractivity contribution in [1.82, 2.24) is 0 Å². The van der Waals surface area contributed by atoms with Crippen LogP contribution in [0.15, 0.2) is 152 Å². The fourth-order valence-corrected chi connectivity index (χ4v) is 6.80. The van der Waals surface area contributed by atoms with Gasteiger partial charge in [-0.1, -0.05) is 145 Å². The number of fused-ring (bicyclic) bond motifs is 3. The summed E-state index contributed by atoms with van der Waals surface area (Å²) in [6.45, 7) is 2.18. The number of aryl methyl sites for hydroxylation is 1. The summed E-state index contributed by atoms with van der Waals surface area (Å²) in [5.41, 5.74) is 7.05. The van der Waals surface area contributed by atoms with E-state index >= 15 is 0 Å². The quantitative estimate of drug-likeness (QED) is 0.132. The van der Waals surface area contributed by atoms with Gasteiger partial charge in [0.25, 0.3) is 0 Å². The fraction of sp³-hybridized carbons (Fsp3) is 0.0952. The fourth-order valence-electron chi connectivity index (χ4n) is 6.53. The molecule has 1 unspecified atom stereocenters. The minimum absolute atomic E-state index is 0.0674. The Balaban J connectivity index is 1.15. The van der Waals surface area contributed by atoms with Crippen LogP contribution in [0.4, 0.5) is 10.5 Å². The Bertz CT molecular complexity index is 2070. The van der Waals surface area contributed by atoms with Gasteiger partial charge < -0.3 is 9.47 Å². The van der Waals surface area contributed by atoms with E-state index in [-0.39, 0.29) is 18.1 Å². The first kappa shape index (κ1) is 31.0. The molecule has 0 radical (unpaired) electrons. The minimum Gasteiger partial charge on any atom is -0.448 e. The molecule has 6 aromatic rings. The first-order valence-electron chi connectivity index (χ1n) is 15.8. The molecule has 0 saturated heterocycles. The third-order valence-corrected chi connectivity index (χ3v) is 9.16. The van der Waals surface area contributed by atoms with E-state index in [1.807, 2.05) is 104 Å². The summed E-state index contributed by atoms with van der Waals surface area (Å²) in [7, 11) is 0. The zero-order valence-corrected chi connectivity index (χ0v) is 27.0. The summed E-state index contributed by atoms with van der Waals surface area (Å²) in [6.07, 6.45) is -0.614. The van der Waals surface area contributed by atoms with Crippen LogP contribution in [0.1, 0.15) is 49.7 Å². The smallest absolute Gasteiger partial charge is 0.411 e. The maximum Gasteiger partial charge on any atom is 0.411 e. The number of halogens is 1. The highest BCUT2D eigenvalue weighted by Gasteiger charge is 2.42. The molecule has 6 aromatic carbocycles. The molecular weight excluding hydrogens is 618 g/mol. The molecule has 1 amide bonds. The average Bonchev–Trinajstić information content (AvgIpc) is 3.44. The van der Waals surface area contributed by atoms with E-state index in [0.29, 0.717) is 16.3 Å². The molecule has 0 aromatic heterocycles. The van der Waals surface area contributed by atoms with Crippen LogP contribution in [0.25, 0.3) is 11.1 Å². The summed E-state index contributed by atoms with van der Waals surface area (Å²) in [6, 6.07) is 47.8. The Labute approximate surface area is 284 Å². The maximum absolute atomic E-state index is 14.1. The Hall–Kier alpha value is -5.65. The molecule has 48 heavy (non-hydrogen) atoms. The van der Waals surface area contributed by atoms with E-state index < -0.39 is 17.7 Å². The van der Waals surface area contributed by atoms with Gasteiger partial charge in [-0.05, 0) is 53.4 Å². The van der Waals surface area contributed by atoms with Crippen molar-refractivity contribution in [2.75, 3.05) is 11.9 Å². The molecule has 0 heterocycles. The Kier molecular flexibility index (Phi) is 8.53. The number of hydrogen-bond acceptors (Lipinski definition) is 4. The number of rotatable bonds is 8. The van der Waals surface area contributed by atoms with Gasteiger partial charge in [0.15, 0.2) is 5.60 Å². The molecule has 1 aliphatic rings. The molecule has 0 bridgehead atoms. The van der Waals surface area contributed by atoms with Crippen molar-refractivity contribution in [3.05, 3.63) is 196 Å². The van der Waals surface area contributed by atoms with Gasteiger partial charge in [0.05, 0.1) is 5.56 Å². The number of nitrogens with one attached hydrogen (secondary N) is 1. The highest BCUT2D eigenvalue weighted by molar-refractivity contribution is 6.31. The lowest BCUT2D eigenvalue weighted by Crippen LogP contribution is -2.35. The molecule has 7 rings (SSSR count). The van der Waals surface area contributed by atoms with Crippen molar-refractivity contribution >= 4 is 29.4 Å². The molecule has 0 saturated carbocycles. The van der Waals surface area contributed by atoms with E-state index in [0.717, 1.165) is 38.9 Å². The zero-order valence-electron chi connectivity index (χ0n) is 26.2. The van der Waals surface area contributed by atoms with Crippen molar-refractivity contribution in [1.29, 1.82) is 0 Å². The van der Waals surface area contributed by atoms with Gasteiger partial charge in [0, 0.05) is 33.3 Å². The monoisotopic (exact) mass is 649 g/mol. The number of benzene rings is 6. The number of amides is 1. The summed E-state index contributed by atoms with van der Waals surface area (Å²) < 4.78 is 12.3. The molecule has 236 valence electrons. The van der Waals surface area contributed by atoms with E-state index in [9.17, 15) is 9.59 Å². The predicted molar refractivity (Wildman–Crippen MR) is 190 cm³/mol. The van der Waals surface area contributed by atoms with Crippen LogP contribution in [0.3, 0.4) is 0 Å². The van der Waals surface area contributed by atoms with Gasteiger partial charge in [-0.3, -0.25) is 5.32 Å². The van der Waals surface area contributed by atoms with E-state index in [2.05, 4.69) is 29.6 Å². The van der Waals surface area contributed by atoms with Crippen LogP contribution < -0.4 is 5.32 Å². The van der Waals surface area contributed by atoms with E-state index in [1.165, 1.54) is 0 Å². The number of ether oxygens (including phenoxy) is 2. The standard InChI is InChI=1S/C42H32ClNO4/c1-28-22-24-31(25-23-28)42(30-13-3-2-4-14-30,38-20-9-10-21-39(38)43)48-40(45)29-12-11-15-32(26-29)44-41(46)47-27-37-35-18-7-5-16-33(35)34-17-6-8-19-36(34)37/h2-26,37H,27H2,1H3,(H,44,46). The molecule has 1 N–H and O–H groups in total. The number of carbonyl (C=O) groups excluding carboxylic acids is 2. The van der Waals surface area contributed by atoms with Gasteiger partial charge >= 0.3 is 12.1 Å². The van der Waals surface area contributed by atoms with Crippen molar-refractivity contribution in [2.45, 2.75) is 18.4 Å². The molecule has 5 nitrogen and oxygen atoms in total. The van der Waals surface area contributed by atoms with Crippen molar-refractivity contribution in [3.8, 4) is 11.1 Å². The van der Waals surface area contributed by atoms with Crippen molar-refractivity contribution in [3.63, 3.8) is 0 Å². The lowest BCUT2D eigenvalue weighted by Gasteiger charge is -2.36. The van der Waals surface area contributed by atoms with Crippen LogP contribution in [0.2, 0.25) is 5.02 Å². The summed E-state index contributed by atoms with van der Waals surface area (Å²) in [5.74, 6) is -0.655. The average molecular weight is 650 g/mol. The summed E-state index contributed by atoms with van der Waals surface area (Å²) in [4.78, 5) is 27.2. The zero-order chi connectivity index (χ0) is 33.1. The van der Waals surface area contributed by atoms with E-state index in [4.69, 9.17) is 21.1 Å². The first-order valence-corrected chi connectivity index (χ1v) is 16.1. The normalized spacial score (nSPS) is 13.1. The second-order valence-electron chi connectivity index (χ2n) is 11.8. The Morgan fingerprint density at radius 3 is 1.98 bits per heavy atom. The highest BCUT2D eigenvalue weighted by Crippen LogP contribution is 2.45. The van der Waals surface area contributed by atoms with Crippen molar-refractivity contribution in [2.24, 2.45) is 0 Å². The molecule has 0 aliphatic heterocycles. The number of hydrogen-bond donors (Lipinski definition) is 1.